The van der Waals surface area contributed by atoms with E-state index in [9.17, 15) is 18.0 Å². The molecule has 18 heavy (non-hydrogen) atoms. The number of halogens is 3. The van der Waals surface area contributed by atoms with Gasteiger partial charge in [-0.25, -0.2) is 0 Å². The van der Waals surface area contributed by atoms with Gasteiger partial charge in [0.15, 0.2) is 0 Å². The van der Waals surface area contributed by atoms with E-state index >= 15 is 0 Å². The maximum absolute atomic E-state index is 12.7. The van der Waals surface area contributed by atoms with E-state index < -0.39 is 11.7 Å². The van der Waals surface area contributed by atoms with Crippen LogP contribution in [0.1, 0.15) is 31.7 Å². The van der Waals surface area contributed by atoms with E-state index in [0.717, 1.165) is 12.5 Å². The van der Waals surface area contributed by atoms with E-state index in [4.69, 9.17) is 0 Å². The number of rotatable bonds is 4. The third kappa shape index (κ3) is 4.37. The molecule has 0 aliphatic rings. The first-order valence-corrected chi connectivity index (χ1v) is 6.48. The minimum absolute atomic E-state index is 0.179. The first-order valence-electron chi connectivity index (χ1n) is 5.54. The fourth-order valence-corrected chi connectivity index (χ4v) is 1.86. The number of carbonyl (C=O) groups is 1. The summed E-state index contributed by atoms with van der Waals surface area (Å²) in [4.78, 5) is 11.5. The Bertz CT molecular complexity index is 432. The summed E-state index contributed by atoms with van der Waals surface area (Å²) in [5.41, 5.74) is -0.996. The van der Waals surface area contributed by atoms with Gasteiger partial charge >= 0.3 is 112 Å². The SMILES string of the molecule is CCCCC(=O)Nc1cc([As])ccc1C(F)(F)F. The van der Waals surface area contributed by atoms with Crippen LogP contribution >= 0.6 is 0 Å². The van der Waals surface area contributed by atoms with Crippen molar-refractivity contribution in [1.29, 1.82) is 0 Å². The van der Waals surface area contributed by atoms with Gasteiger partial charge in [0.05, 0.1) is 0 Å². The number of hydrogen-bond donors (Lipinski definition) is 1. The molecule has 0 fully saturated rings. The van der Waals surface area contributed by atoms with Crippen LogP contribution in [0.3, 0.4) is 0 Å². The Morgan fingerprint density at radius 3 is 2.61 bits per heavy atom. The molecule has 2 radical (unpaired) electrons. The second-order valence-electron chi connectivity index (χ2n) is 3.88. The van der Waals surface area contributed by atoms with E-state index in [2.05, 4.69) is 22.2 Å². The first kappa shape index (κ1) is 15.1. The zero-order valence-electron chi connectivity index (χ0n) is 9.84. The third-order valence-corrected chi connectivity index (χ3v) is 2.92. The fraction of sp³-hybridized carbons (Fsp3) is 0.417. The van der Waals surface area contributed by atoms with Crippen molar-refractivity contribution in [2.24, 2.45) is 0 Å². The van der Waals surface area contributed by atoms with Crippen LogP contribution in [-0.2, 0) is 11.0 Å². The quantitative estimate of drug-likeness (QED) is 0.850. The molecule has 1 aromatic carbocycles. The number of unbranched alkanes of at least 4 members (excludes halogenated alkanes) is 1. The van der Waals surface area contributed by atoms with Gasteiger partial charge in [-0.3, -0.25) is 0 Å². The molecule has 0 aliphatic carbocycles. The van der Waals surface area contributed by atoms with Gasteiger partial charge in [0.1, 0.15) is 0 Å². The van der Waals surface area contributed by atoms with E-state index in [-0.39, 0.29) is 18.0 Å². The number of anilines is 1. The fourth-order valence-electron chi connectivity index (χ4n) is 1.43. The number of alkyl halides is 3. The van der Waals surface area contributed by atoms with Crippen molar-refractivity contribution in [3.8, 4) is 0 Å². The van der Waals surface area contributed by atoms with E-state index in [0.29, 0.717) is 10.8 Å². The summed E-state index contributed by atoms with van der Waals surface area (Å²) in [5, 5.41) is 2.32. The van der Waals surface area contributed by atoms with Crippen molar-refractivity contribution >= 4 is 32.8 Å². The summed E-state index contributed by atoms with van der Waals surface area (Å²) >= 11 is 2.15. The molecular weight excluding hydrogens is 306 g/mol. The molecule has 0 aliphatic heterocycles. The Balaban J connectivity index is 2.93. The van der Waals surface area contributed by atoms with Crippen molar-refractivity contribution in [1.82, 2.24) is 0 Å². The zero-order valence-corrected chi connectivity index (χ0v) is 11.7. The summed E-state index contributed by atoms with van der Waals surface area (Å²) in [6, 6.07) is 3.64. The van der Waals surface area contributed by atoms with Crippen LogP contribution in [0.25, 0.3) is 0 Å². The first-order chi connectivity index (χ1) is 8.34. The Hall–Kier alpha value is -0.962. The van der Waals surface area contributed by atoms with Crippen LogP contribution in [0.15, 0.2) is 18.2 Å². The third-order valence-electron chi connectivity index (χ3n) is 2.34. The number of nitrogens with one attached hydrogen (secondary N) is 1. The van der Waals surface area contributed by atoms with E-state index in [1.807, 2.05) is 6.92 Å². The van der Waals surface area contributed by atoms with Crippen LogP contribution in [0.2, 0.25) is 0 Å². The van der Waals surface area contributed by atoms with Gasteiger partial charge in [0, 0.05) is 0 Å². The van der Waals surface area contributed by atoms with Crippen LogP contribution in [0, 0.1) is 0 Å². The molecule has 0 heterocycles. The molecule has 0 bridgehead atoms. The molecule has 0 spiro atoms. The molecule has 1 N–H and O–H groups in total. The molecule has 1 aromatic rings. The van der Waals surface area contributed by atoms with Crippen LogP contribution in [-0.4, -0.2) is 22.8 Å². The number of hydrogen-bond acceptors (Lipinski definition) is 1. The summed E-state index contributed by atoms with van der Waals surface area (Å²) < 4.78 is 38.8. The molecule has 0 saturated carbocycles. The van der Waals surface area contributed by atoms with Gasteiger partial charge in [-0.15, -0.1) is 0 Å². The summed E-state index contributed by atoms with van der Waals surface area (Å²) in [7, 11) is 0. The van der Waals surface area contributed by atoms with Crippen molar-refractivity contribution in [3.63, 3.8) is 0 Å². The van der Waals surface area contributed by atoms with Crippen molar-refractivity contribution in [2.45, 2.75) is 32.4 Å². The molecule has 1 amide bonds. The number of carbonyl (C=O) groups excluding carboxylic acids is 1. The van der Waals surface area contributed by atoms with Gasteiger partial charge in [-0.2, -0.15) is 0 Å². The zero-order chi connectivity index (χ0) is 13.8. The van der Waals surface area contributed by atoms with Crippen molar-refractivity contribution in [2.75, 3.05) is 5.32 Å². The van der Waals surface area contributed by atoms with E-state index in [1.54, 1.807) is 0 Å². The molecule has 0 aromatic heterocycles. The average molecular weight is 319 g/mol. The number of amides is 1. The van der Waals surface area contributed by atoms with Gasteiger partial charge < -0.3 is 0 Å². The van der Waals surface area contributed by atoms with Gasteiger partial charge in [0.2, 0.25) is 0 Å². The van der Waals surface area contributed by atoms with Gasteiger partial charge in [0.25, 0.3) is 0 Å². The molecule has 6 heteroatoms. The Labute approximate surface area is 112 Å². The summed E-state index contributed by atoms with van der Waals surface area (Å²) in [6.45, 7) is 1.92. The number of benzene rings is 1. The van der Waals surface area contributed by atoms with Crippen LogP contribution in [0.4, 0.5) is 18.9 Å². The Kier molecular flexibility index (Phi) is 5.26. The normalized spacial score (nSPS) is 11.4. The topological polar surface area (TPSA) is 29.1 Å². The standard InChI is InChI=1S/C12H13AsF3NO/c1-2-3-4-11(18)17-10-7-8(13)5-6-9(10)12(14,15)16/h5-7H,2-4H2,1H3,(H,17,18). The Morgan fingerprint density at radius 1 is 1.39 bits per heavy atom. The predicted octanol–water partition coefficient (Wildman–Crippen LogP) is 2.63. The molecule has 1 rings (SSSR count). The second kappa shape index (κ2) is 6.28. The minimum atomic E-state index is -4.46. The molecule has 0 saturated heterocycles. The summed E-state index contributed by atoms with van der Waals surface area (Å²) in [5.74, 6) is -0.388. The average Bonchev–Trinajstić information content (AvgIpc) is 2.24. The van der Waals surface area contributed by atoms with Gasteiger partial charge in [-0.05, 0) is 0 Å². The molecular formula is C12H13AsF3NO. The molecule has 0 unspecified atom stereocenters. The monoisotopic (exact) mass is 319 g/mol. The van der Waals surface area contributed by atoms with Gasteiger partial charge in [-0.1, -0.05) is 0 Å². The Morgan fingerprint density at radius 2 is 2.06 bits per heavy atom. The molecule has 0 atom stereocenters. The van der Waals surface area contributed by atoms with Crippen molar-refractivity contribution < 1.29 is 18.0 Å². The van der Waals surface area contributed by atoms with Crippen LogP contribution < -0.4 is 9.67 Å². The van der Waals surface area contributed by atoms with E-state index in [1.165, 1.54) is 12.1 Å². The van der Waals surface area contributed by atoms with Crippen LogP contribution in [0.5, 0.6) is 0 Å². The molecule has 2 nitrogen and oxygen atoms in total. The molecule has 98 valence electrons. The second-order valence-corrected chi connectivity index (χ2v) is 4.96. The maximum atomic E-state index is 12.7. The summed E-state index contributed by atoms with van der Waals surface area (Å²) in [6.07, 6.45) is -2.75. The van der Waals surface area contributed by atoms with Crippen molar-refractivity contribution in [3.05, 3.63) is 23.8 Å². The predicted molar refractivity (Wildman–Crippen MR) is 65.0 cm³/mol.